The van der Waals surface area contributed by atoms with Gasteiger partial charge < -0.3 is 4.42 Å². The lowest BCUT2D eigenvalue weighted by molar-refractivity contribution is 0.504. The van der Waals surface area contributed by atoms with Crippen LogP contribution in [0.4, 0.5) is 0 Å². The molecule has 11 heavy (non-hydrogen) atoms. The van der Waals surface area contributed by atoms with Crippen molar-refractivity contribution < 1.29 is 4.42 Å². The van der Waals surface area contributed by atoms with E-state index < -0.39 is 0 Å². The minimum absolute atomic E-state index is 0.984. The number of rotatable bonds is 0. The van der Waals surface area contributed by atoms with Crippen molar-refractivity contribution in [3.63, 3.8) is 0 Å². The van der Waals surface area contributed by atoms with Gasteiger partial charge in [-0.1, -0.05) is 12.2 Å². The second kappa shape index (κ2) is 5.78. The average Bonchev–Trinajstić information content (AvgIpc) is 2.35. The van der Waals surface area contributed by atoms with Gasteiger partial charge in [-0.25, -0.2) is 0 Å². The molecule has 0 aromatic carbocycles. The molecule has 1 heteroatoms. The van der Waals surface area contributed by atoms with Gasteiger partial charge in [0.2, 0.25) is 0 Å². The third-order valence-electron chi connectivity index (χ3n) is 1.21. The quantitative estimate of drug-likeness (QED) is 0.519. The van der Waals surface area contributed by atoms with Crippen LogP contribution >= 0.6 is 0 Å². The summed E-state index contributed by atoms with van der Waals surface area (Å²) in [6.07, 6.45) is 4.00. The smallest absolute Gasteiger partial charge is 0.101 e. The highest BCUT2D eigenvalue weighted by molar-refractivity contribution is 5.02. The van der Waals surface area contributed by atoms with Crippen molar-refractivity contribution in [1.82, 2.24) is 0 Å². The summed E-state index contributed by atoms with van der Waals surface area (Å²) in [4.78, 5) is 0. The van der Waals surface area contributed by atoms with Crippen LogP contribution in [0.5, 0.6) is 0 Å². The highest BCUT2D eigenvalue weighted by atomic mass is 16.3. The van der Waals surface area contributed by atoms with Crippen molar-refractivity contribution in [3.05, 3.63) is 35.8 Å². The van der Waals surface area contributed by atoms with Crippen LogP contribution in [-0.2, 0) is 0 Å². The Hall–Kier alpha value is -0.980. The largest absolute Gasteiger partial charge is 0.467 e. The van der Waals surface area contributed by atoms with Crippen LogP contribution < -0.4 is 0 Å². The van der Waals surface area contributed by atoms with Gasteiger partial charge in [0.1, 0.15) is 11.5 Å². The Bertz CT molecular complexity index is 188. The number of hydrogen-bond donors (Lipinski definition) is 0. The summed E-state index contributed by atoms with van der Waals surface area (Å²) >= 11 is 0. The van der Waals surface area contributed by atoms with Crippen LogP contribution in [0.15, 0.2) is 28.7 Å². The Morgan fingerprint density at radius 1 is 1.00 bits per heavy atom. The Labute approximate surface area is 68.7 Å². The molecule has 0 atom stereocenters. The Balaban J connectivity index is 0.000000218. The second-order valence-electron chi connectivity index (χ2n) is 2.32. The molecule has 0 saturated heterocycles. The van der Waals surface area contributed by atoms with Crippen LogP contribution in [0.2, 0.25) is 0 Å². The molecule has 0 unspecified atom stereocenters. The highest BCUT2D eigenvalue weighted by Crippen LogP contribution is 2.02. The minimum Gasteiger partial charge on any atom is -0.467 e. The molecule has 1 heterocycles. The lowest BCUT2D eigenvalue weighted by Gasteiger charge is -1.76. The fourth-order valence-electron chi connectivity index (χ4n) is 0.557. The molecule has 0 N–H and O–H groups in total. The van der Waals surface area contributed by atoms with E-state index in [1.807, 2.05) is 52.0 Å². The van der Waals surface area contributed by atoms with Crippen molar-refractivity contribution in [2.24, 2.45) is 0 Å². The first-order chi connectivity index (χ1) is 5.20. The van der Waals surface area contributed by atoms with Crippen LogP contribution in [-0.4, -0.2) is 0 Å². The summed E-state index contributed by atoms with van der Waals surface area (Å²) in [7, 11) is 0. The van der Waals surface area contributed by atoms with E-state index in [0.717, 1.165) is 11.5 Å². The molecule has 1 nitrogen and oxygen atoms in total. The van der Waals surface area contributed by atoms with Crippen molar-refractivity contribution in [2.45, 2.75) is 27.7 Å². The van der Waals surface area contributed by atoms with E-state index in [0.29, 0.717) is 0 Å². The van der Waals surface area contributed by atoms with E-state index in [1.165, 1.54) is 0 Å². The van der Waals surface area contributed by atoms with Gasteiger partial charge in [0.25, 0.3) is 0 Å². The van der Waals surface area contributed by atoms with Gasteiger partial charge in [0, 0.05) is 0 Å². The minimum atomic E-state index is 0.984. The van der Waals surface area contributed by atoms with Gasteiger partial charge in [-0.15, -0.1) is 0 Å². The lowest BCUT2D eigenvalue weighted by Crippen LogP contribution is -1.53. The van der Waals surface area contributed by atoms with E-state index in [9.17, 15) is 0 Å². The zero-order chi connectivity index (χ0) is 8.69. The third kappa shape index (κ3) is 5.46. The number of hydrogen-bond acceptors (Lipinski definition) is 1. The Kier molecular flexibility index (Phi) is 5.26. The van der Waals surface area contributed by atoms with Crippen molar-refractivity contribution in [3.8, 4) is 0 Å². The molecule has 0 saturated carbocycles. The average molecular weight is 152 g/mol. The van der Waals surface area contributed by atoms with Gasteiger partial charge in [0.15, 0.2) is 0 Å². The molecule has 62 valence electrons. The summed E-state index contributed by atoms with van der Waals surface area (Å²) in [5.41, 5.74) is 0. The molecule has 0 bridgehead atoms. The van der Waals surface area contributed by atoms with Crippen LogP contribution in [0.3, 0.4) is 0 Å². The van der Waals surface area contributed by atoms with Crippen LogP contribution in [0, 0.1) is 13.8 Å². The molecule has 0 fully saturated rings. The molecule has 0 amide bonds. The number of allylic oxidation sites excluding steroid dienone is 2. The van der Waals surface area contributed by atoms with E-state index in [4.69, 9.17) is 4.42 Å². The van der Waals surface area contributed by atoms with Crippen molar-refractivity contribution in [1.29, 1.82) is 0 Å². The SMILES string of the molecule is CC=CC.Cc1ccc(C)o1. The van der Waals surface area contributed by atoms with Crippen molar-refractivity contribution in [2.75, 3.05) is 0 Å². The summed E-state index contributed by atoms with van der Waals surface area (Å²) in [6.45, 7) is 7.88. The van der Waals surface area contributed by atoms with E-state index in [1.54, 1.807) is 0 Å². The van der Waals surface area contributed by atoms with Gasteiger partial charge >= 0.3 is 0 Å². The molecule has 1 aromatic rings. The first-order valence-electron chi connectivity index (χ1n) is 3.81. The second-order valence-corrected chi connectivity index (χ2v) is 2.32. The molecular formula is C10H16O. The molecule has 0 aliphatic heterocycles. The summed E-state index contributed by atoms with van der Waals surface area (Å²) in [5, 5.41) is 0. The van der Waals surface area contributed by atoms with Crippen molar-refractivity contribution >= 4 is 0 Å². The van der Waals surface area contributed by atoms with E-state index in [2.05, 4.69) is 0 Å². The molecule has 1 rings (SSSR count). The standard InChI is InChI=1S/C6H8O.C4H8/c1-5-3-4-6(2)7-5;1-3-4-2/h3-4H,1-2H3;3-4H,1-2H3. The molecule has 0 spiro atoms. The Morgan fingerprint density at radius 3 is 1.45 bits per heavy atom. The predicted octanol–water partition coefficient (Wildman–Crippen LogP) is 3.48. The summed E-state index contributed by atoms with van der Waals surface area (Å²) in [5.74, 6) is 1.97. The monoisotopic (exact) mass is 152 g/mol. The fraction of sp³-hybridized carbons (Fsp3) is 0.400. The molecule has 0 aliphatic rings. The molecular weight excluding hydrogens is 136 g/mol. The lowest BCUT2D eigenvalue weighted by atomic mass is 10.5. The third-order valence-corrected chi connectivity index (χ3v) is 1.21. The van der Waals surface area contributed by atoms with E-state index in [-0.39, 0.29) is 0 Å². The first kappa shape index (κ1) is 10.0. The van der Waals surface area contributed by atoms with Crippen LogP contribution in [0.25, 0.3) is 0 Å². The maximum atomic E-state index is 5.08. The maximum Gasteiger partial charge on any atom is 0.101 e. The number of furan rings is 1. The van der Waals surface area contributed by atoms with E-state index >= 15 is 0 Å². The summed E-state index contributed by atoms with van der Waals surface area (Å²) < 4.78 is 5.08. The maximum absolute atomic E-state index is 5.08. The molecule has 0 radical (unpaired) electrons. The van der Waals surface area contributed by atoms with Gasteiger partial charge in [-0.3, -0.25) is 0 Å². The normalized spacial score (nSPS) is 9.45. The molecule has 0 aliphatic carbocycles. The van der Waals surface area contributed by atoms with Gasteiger partial charge in [-0.05, 0) is 39.8 Å². The zero-order valence-corrected chi connectivity index (χ0v) is 7.72. The highest BCUT2D eigenvalue weighted by Gasteiger charge is 1.85. The predicted molar refractivity (Wildman–Crippen MR) is 48.7 cm³/mol. The van der Waals surface area contributed by atoms with Crippen LogP contribution in [0.1, 0.15) is 25.4 Å². The zero-order valence-electron chi connectivity index (χ0n) is 7.72. The molecule has 1 aromatic heterocycles. The Morgan fingerprint density at radius 2 is 1.36 bits per heavy atom. The van der Waals surface area contributed by atoms with Gasteiger partial charge in [-0.2, -0.15) is 0 Å². The van der Waals surface area contributed by atoms with Gasteiger partial charge in [0.05, 0.1) is 0 Å². The summed E-state index contributed by atoms with van der Waals surface area (Å²) in [6, 6.07) is 3.91. The number of aryl methyl sites for hydroxylation is 2. The topological polar surface area (TPSA) is 13.1 Å². The fourth-order valence-corrected chi connectivity index (χ4v) is 0.557. The first-order valence-corrected chi connectivity index (χ1v) is 3.81.